The van der Waals surface area contributed by atoms with E-state index in [1.54, 1.807) is 0 Å². The number of rotatable bonds is 2. The van der Waals surface area contributed by atoms with Crippen molar-refractivity contribution in [2.45, 2.75) is 11.2 Å². The second kappa shape index (κ2) is 4.99. The molecule has 0 bridgehead atoms. The van der Waals surface area contributed by atoms with Crippen LogP contribution in [0.1, 0.15) is 6.42 Å². The highest BCUT2D eigenvalue weighted by molar-refractivity contribution is 9.10. The molecule has 0 spiro atoms. The Kier molecular flexibility index (Phi) is 3.65. The van der Waals surface area contributed by atoms with E-state index in [1.807, 2.05) is 12.1 Å². The largest absolute Gasteiger partial charge is 0.356 e. The van der Waals surface area contributed by atoms with Gasteiger partial charge in [0.2, 0.25) is 0 Å². The summed E-state index contributed by atoms with van der Waals surface area (Å²) in [7, 11) is 0. The Hall–Kier alpha value is -0.540. The third kappa shape index (κ3) is 3.21. The van der Waals surface area contributed by atoms with E-state index in [0.717, 1.165) is 22.3 Å². The van der Waals surface area contributed by atoms with Crippen LogP contribution in [0.4, 0.5) is 5.69 Å². The molecule has 0 radical (unpaired) electrons. The third-order valence-electron chi connectivity index (χ3n) is 2.18. The molecule has 1 aliphatic rings. The summed E-state index contributed by atoms with van der Waals surface area (Å²) in [5.41, 5.74) is 2.27. The van der Waals surface area contributed by atoms with E-state index in [4.69, 9.17) is 0 Å². The molecule has 1 aromatic carbocycles. The van der Waals surface area contributed by atoms with Crippen LogP contribution in [-0.4, -0.2) is 4.83 Å². The van der Waals surface area contributed by atoms with Crippen molar-refractivity contribution >= 4 is 37.5 Å². The normalized spacial score (nSPS) is 19.9. The number of allylic oxidation sites excluding steroid dienone is 3. The van der Waals surface area contributed by atoms with Gasteiger partial charge in [0.05, 0.1) is 0 Å². The maximum absolute atomic E-state index is 3.55. The topological polar surface area (TPSA) is 12.0 Å². The van der Waals surface area contributed by atoms with Gasteiger partial charge in [-0.05, 0) is 36.8 Å². The van der Waals surface area contributed by atoms with Crippen molar-refractivity contribution in [3.05, 3.63) is 52.7 Å². The van der Waals surface area contributed by atoms with E-state index in [2.05, 4.69) is 67.5 Å². The highest BCUT2D eigenvalue weighted by atomic mass is 79.9. The van der Waals surface area contributed by atoms with Gasteiger partial charge in [-0.25, -0.2) is 0 Å². The predicted octanol–water partition coefficient (Wildman–Crippen LogP) is 4.47. The molecule has 0 fully saturated rings. The summed E-state index contributed by atoms with van der Waals surface area (Å²) in [6.45, 7) is 0. The minimum absolute atomic E-state index is 0.480. The van der Waals surface area contributed by atoms with Gasteiger partial charge < -0.3 is 5.32 Å². The van der Waals surface area contributed by atoms with Crippen LogP contribution in [0, 0.1) is 0 Å². The van der Waals surface area contributed by atoms with Crippen LogP contribution in [0.15, 0.2) is 52.7 Å². The monoisotopic (exact) mass is 327 g/mol. The molecule has 0 heterocycles. The zero-order chi connectivity index (χ0) is 10.7. The molecule has 0 amide bonds. The highest BCUT2D eigenvalue weighted by Gasteiger charge is 2.04. The average molecular weight is 329 g/mol. The predicted molar refractivity (Wildman–Crippen MR) is 72.3 cm³/mol. The number of halogens is 2. The SMILES string of the molecule is Brc1ccc(NC2=CCC(Br)C=C2)cc1. The fourth-order valence-corrected chi connectivity index (χ4v) is 1.99. The van der Waals surface area contributed by atoms with E-state index in [-0.39, 0.29) is 0 Å². The smallest absolute Gasteiger partial charge is 0.0384 e. The summed E-state index contributed by atoms with van der Waals surface area (Å²) >= 11 is 6.96. The van der Waals surface area contributed by atoms with Gasteiger partial charge in [-0.3, -0.25) is 0 Å². The molecule has 0 saturated carbocycles. The summed E-state index contributed by atoms with van der Waals surface area (Å²) < 4.78 is 1.10. The van der Waals surface area contributed by atoms with Gasteiger partial charge in [-0.2, -0.15) is 0 Å². The minimum Gasteiger partial charge on any atom is -0.356 e. The molecule has 1 unspecified atom stereocenters. The molecule has 1 atom stereocenters. The molecule has 0 aliphatic heterocycles. The number of benzene rings is 1. The van der Waals surface area contributed by atoms with Crippen LogP contribution in [0.25, 0.3) is 0 Å². The van der Waals surface area contributed by atoms with E-state index in [0.29, 0.717) is 4.83 Å². The van der Waals surface area contributed by atoms with Crippen molar-refractivity contribution in [2.75, 3.05) is 5.32 Å². The lowest BCUT2D eigenvalue weighted by atomic mass is 10.1. The van der Waals surface area contributed by atoms with Crippen LogP contribution in [-0.2, 0) is 0 Å². The second-order valence-electron chi connectivity index (χ2n) is 3.40. The van der Waals surface area contributed by atoms with Gasteiger partial charge in [0.1, 0.15) is 0 Å². The van der Waals surface area contributed by atoms with Gasteiger partial charge in [0, 0.05) is 20.7 Å². The number of alkyl halides is 1. The number of anilines is 1. The molecule has 0 saturated heterocycles. The maximum Gasteiger partial charge on any atom is 0.0384 e. The lowest BCUT2D eigenvalue weighted by Crippen LogP contribution is -2.03. The lowest BCUT2D eigenvalue weighted by molar-refractivity contribution is 1.05. The maximum atomic E-state index is 3.55. The number of nitrogens with one attached hydrogen (secondary N) is 1. The molecule has 2 rings (SSSR count). The Balaban J connectivity index is 2.04. The van der Waals surface area contributed by atoms with Crippen molar-refractivity contribution < 1.29 is 0 Å². The molecule has 78 valence electrons. The molecule has 0 aromatic heterocycles. The standard InChI is InChI=1S/C12H11Br2N/c13-9-1-5-11(6-2-9)15-12-7-3-10(14)4-8-12/h1-3,5-8,10,15H,4H2. The summed E-state index contributed by atoms with van der Waals surface area (Å²) in [6.07, 6.45) is 7.49. The van der Waals surface area contributed by atoms with Gasteiger partial charge in [-0.15, -0.1) is 0 Å². The molecule has 3 heteroatoms. The lowest BCUT2D eigenvalue weighted by Gasteiger charge is -2.12. The van der Waals surface area contributed by atoms with Crippen LogP contribution < -0.4 is 5.32 Å². The quantitative estimate of drug-likeness (QED) is 0.790. The fraction of sp³-hybridized carbons (Fsp3) is 0.167. The van der Waals surface area contributed by atoms with E-state index >= 15 is 0 Å². The Labute approximate surface area is 107 Å². The van der Waals surface area contributed by atoms with Crippen LogP contribution in [0.3, 0.4) is 0 Å². The van der Waals surface area contributed by atoms with E-state index in [1.165, 1.54) is 0 Å². The second-order valence-corrected chi connectivity index (χ2v) is 5.49. The zero-order valence-corrected chi connectivity index (χ0v) is 11.3. The van der Waals surface area contributed by atoms with Crippen molar-refractivity contribution in [2.24, 2.45) is 0 Å². The van der Waals surface area contributed by atoms with Crippen molar-refractivity contribution in [1.82, 2.24) is 0 Å². The first-order valence-electron chi connectivity index (χ1n) is 4.79. The first kappa shape index (κ1) is 11.0. The van der Waals surface area contributed by atoms with Crippen molar-refractivity contribution in [3.8, 4) is 0 Å². The molecule has 15 heavy (non-hydrogen) atoms. The fourth-order valence-electron chi connectivity index (χ4n) is 1.39. The van der Waals surface area contributed by atoms with Crippen LogP contribution >= 0.6 is 31.9 Å². The Bertz CT molecular complexity index is 393. The van der Waals surface area contributed by atoms with Gasteiger partial charge in [0.15, 0.2) is 0 Å². The summed E-state index contributed by atoms with van der Waals surface area (Å²) in [4.78, 5) is 0.480. The third-order valence-corrected chi connectivity index (χ3v) is 3.39. The van der Waals surface area contributed by atoms with E-state index in [9.17, 15) is 0 Å². The molecular weight excluding hydrogens is 318 g/mol. The summed E-state index contributed by atoms with van der Waals surface area (Å²) in [5.74, 6) is 0. The Morgan fingerprint density at radius 1 is 1.20 bits per heavy atom. The summed E-state index contributed by atoms with van der Waals surface area (Å²) in [6, 6.07) is 8.17. The minimum atomic E-state index is 0.480. The number of hydrogen-bond acceptors (Lipinski definition) is 1. The van der Waals surface area contributed by atoms with Crippen LogP contribution in [0.5, 0.6) is 0 Å². The Morgan fingerprint density at radius 2 is 1.93 bits per heavy atom. The van der Waals surface area contributed by atoms with Gasteiger partial charge >= 0.3 is 0 Å². The highest BCUT2D eigenvalue weighted by Crippen LogP contribution is 2.20. The summed E-state index contributed by atoms with van der Waals surface area (Å²) in [5, 5.41) is 3.36. The van der Waals surface area contributed by atoms with E-state index < -0.39 is 0 Å². The van der Waals surface area contributed by atoms with Crippen LogP contribution in [0.2, 0.25) is 0 Å². The van der Waals surface area contributed by atoms with Crippen molar-refractivity contribution in [3.63, 3.8) is 0 Å². The molecule has 1 aliphatic carbocycles. The first-order chi connectivity index (χ1) is 7.24. The van der Waals surface area contributed by atoms with Gasteiger partial charge in [0.25, 0.3) is 0 Å². The zero-order valence-electron chi connectivity index (χ0n) is 8.08. The number of hydrogen-bond donors (Lipinski definition) is 1. The molecule has 1 nitrogen and oxygen atoms in total. The first-order valence-corrected chi connectivity index (χ1v) is 6.50. The van der Waals surface area contributed by atoms with Crippen molar-refractivity contribution in [1.29, 1.82) is 0 Å². The van der Waals surface area contributed by atoms with Gasteiger partial charge in [-0.1, -0.05) is 44.0 Å². The molecule has 1 N–H and O–H groups in total. The average Bonchev–Trinajstić information content (AvgIpc) is 2.25. The molecular formula is C12H11Br2N. The Morgan fingerprint density at radius 3 is 2.53 bits per heavy atom. The molecule has 1 aromatic rings.